The zero-order valence-corrected chi connectivity index (χ0v) is 22.6. The Balaban J connectivity index is 0.00000289. The van der Waals surface area contributed by atoms with Crippen LogP contribution in [-0.2, 0) is 0 Å². The van der Waals surface area contributed by atoms with Crippen LogP contribution >= 0.6 is 35.6 Å². The van der Waals surface area contributed by atoms with Crippen LogP contribution in [0.3, 0.4) is 0 Å². The van der Waals surface area contributed by atoms with Crippen LogP contribution in [0.4, 0.5) is 10.2 Å². The second-order valence-electron chi connectivity index (χ2n) is 9.76. The molecule has 3 aromatic rings. The average molecular weight is 542 g/mol. The number of aryl methyl sites for hydroxylation is 1. The van der Waals surface area contributed by atoms with Gasteiger partial charge in [-0.3, -0.25) is 4.90 Å². The average Bonchev–Trinajstić information content (AvgIpc) is 3.15. The van der Waals surface area contributed by atoms with Crippen molar-refractivity contribution in [2.24, 2.45) is 5.92 Å². The fraction of sp³-hybridized carbons (Fsp3) is 0.560. The summed E-state index contributed by atoms with van der Waals surface area (Å²) in [7, 11) is 0. The molecule has 0 N–H and O–H groups in total. The Morgan fingerprint density at radius 2 is 1.86 bits per heavy atom. The highest BCUT2D eigenvalue weighted by atomic mass is 35.5. The van der Waals surface area contributed by atoms with Crippen molar-refractivity contribution < 1.29 is 4.39 Å². The smallest absolute Gasteiger partial charge is 0.179 e. The van der Waals surface area contributed by atoms with Gasteiger partial charge in [0.2, 0.25) is 0 Å². The molecule has 2 aromatic heterocycles. The van der Waals surface area contributed by atoms with Crippen molar-refractivity contribution >= 4 is 52.6 Å². The van der Waals surface area contributed by atoms with Crippen LogP contribution in [-0.4, -0.2) is 63.0 Å². The lowest BCUT2D eigenvalue weighted by atomic mass is 9.90. The molecule has 35 heavy (non-hydrogen) atoms. The third-order valence-corrected chi connectivity index (χ3v) is 8.01. The van der Waals surface area contributed by atoms with E-state index in [2.05, 4.69) is 23.6 Å². The van der Waals surface area contributed by atoms with E-state index in [4.69, 9.17) is 38.3 Å². The molecule has 0 radical (unpaired) electrons. The van der Waals surface area contributed by atoms with E-state index in [9.17, 15) is 4.39 Å². The number of anilines is 1. The van der Waals surface area contributed by atoms with Crippen LogP contribution in [0.25, 0.3) is 11.2 Å². The minimum Gasteiger partial charge on any atom is -0.355 e. The van der Waals surface area contributed by atoms with E-state index in [-0.39, 0.29) is 18.4 Å². The van der Waals surface area contributed by atoms with Crippen molar-refractivity contribution in [3.8, 4) is 0 Å². The van der Waals surface area contributed by atoms with Gasteiger partial charge in [-0.25, -0.2) is 19.0 Å². The maximum atomic E-state index is 13.6. The molecule has 0 aliphatic carbocycles. The van der Waals surface area contributed by atoms with Gasteiger partial charge in [0, 0.05) is 42.3 Å². The number of hydrogen-bond donors (Lipinski definition) is 0. The lowest BCUT2D eigenvalue weighted by molar-refractivity contribution is 0.0741. The molecule has 0 saturated carbocycles. The lowest BCUT2D eigenvalue weighted by Gasteiger charge is -2.44. The third-order valence-electron chi connectivity index (χ3n) is 7.45. The predicted molar refractivity (Wildman–Crippen MR) is 143 cm³/mol. The van der Waals surface area contributed by atoms with Crippen molar-refractivity contribution in [3.05, 3.63) is 45.7 Å². The highest BCUT2D eigenvalue weighted by Gasteiger charge is 2.33. The van der Waals surface area contributed by atoms with Crippen molar-refractivity contribution in [1.29, 1.82) is 0 Å². The zero-order chi connectivity index (χ0) is 24.0. The molecular formula is C25H32Cl3FN6. The van der Waals surface area contributed by atoms with Gasteiger partial charge >= 0.3 is 0 Å². The fourth-order valence-electron chi connectivity index (χ4n) is 5.52. The SMILES string of the molecule is Cc1nn([C@H](C)c2ccc(Cl)cc2Cl)c2nc(N3CCC(N4CCC(F)CC4)C(C)C3)cnc12.Cl. The summed E-state index contributed by atoms with van der Waals surface area (Å²) in [4.78, 5) is 14.6. The Labute approximate surface area is 222 Å². The lowest BCUT2D eigenvalue weighted by Crippen LogP contribution is -2.52. The van der Waals surface area contributed by atoms with Gasteiger partial charge < -0.3 is 4.90 Å². The van der Waals surface area contributed by atoms with E-state index in [1.807, 2.05) is 29.9 Å². The maximum absolute atomic E-state index is 13.6. The number of halogens is 4. The number of hydrogen-bond acceptors (Lipinski definition) is 5. The van der Waals surface area contributed by atoms with Crippen LogP contribution in [0.1, 0.15) is 50.4 Å². The summed E-state index contributed by atoms with van der Waals surface area (Å²) in [5.74, 6) is 1.34. The number of aromatic nitrogens is 4. The monoisotopic (exact) mass is 540 g/mol. The summed E-state index contributed by atoms with van der Waals surface area (Å²) in [5, 5.41) is 5.97. The molecule has 10 heteroatoms. The predicted octanol–water partition coefficient (Wildman–Crippen LogP) is 6.12. The molecule has 4 heterocycles. The van der Waals surface area contributed by atoms with Crippen molar-refractivity contribution in [1.82, 2.24) is 24.6 Å². The molecule has 1 aromatic carbocycles. The first-order chi connectivity index (χ1) is 16.3. The first kappa shape index (κ1) is 26.4. The van der Waals surface area contributed by atoms with Crippen molar-refractivity contribution in [3.63, 3.8) is 0 Å². The van der Waals surface area contributed by atoms with E-state index in [1.165, 1.54) is 0 Å². The highest BCUT2D eigenvalue weighted by molar-refractivity contribution is 6.35. The van der Waals surface area contributed by atoms with E-state index in [1.54, 1.807) is 6.07 Å². The third kappa shape index (κ3) is 5.24. The zero-order valence-electron chi connectivity index (χ0n) is 20.3. The largest absolute Gasteiger partial charge is 0.355 e. The molecule has 0 spiro atoms. The van der Waals surface area contributed by atoms with E-state index < -0.39 is 6.17 Å². The van der Waals surface area contributed by atoms with Crippen LogP contribution in [0.5, 0.6) is 0 Å². The maximum Gasteiger partial charge on any atom is 0.179 e. The summed E-state index contributed by atoms with van der Waals surface area (Å²) in [6.07, 6.45) is 3.60. The molecule has 0 bridgehead atoms. The second kappa shape index (κ2) is 10.8. The molecule has 190 valence electrons. The Bertz CT molecular complexity index is 1180. The molecular weight excluding hydrogens is 510 g/mol. The molecule has 5 rings (SSSR count). The first-order valence-electron chi connectivity index (χ1n) is 12.1. The topological polar surface area (TPSA) is 50.1 Å². The van der Waals surface area contributed by atoms with Gasteiger partial charge in [-0.05, 0) is 56.7 Å². The van der Waals surface area contributed by atoms with Crippen LogP contribution < -0.4 is 4.90 Å². The second-order valence-corrected chi connectivity index (χ2v) is 10.6. The van der Waals surface area contributed by atoms with Gasteiger partial charge in [0.15, 0.2) is 5.65 Å². The normalized spacial score (nSPS) is 22.9. The van der Waals surface area contributed by atoms with Crippen LogP contribution in [0.2, 0.25) is 10.0 Å². The number of piperidine rings is 2. The summed E-state index contributed by atoms with van der Waals surface area (Å²) < 4.78 is 15.5. The van der Waals surface area contributed by atoms with E-state index in [0.29, 0.717) is 34.8 Å². The standard InChI is InChI=1S/C25H31Cl2FN6.ClH/c1-15-14-33(11-8-22(15)32-9-6-19(28)7-10-32)23-13-29-24-16(2)31-34(25(24)30-23)17(3)20-5-4-18(26)12-21(20)27;/h4-5,12-13,15,17,19,22H,6-11,14H2,1-3H3;1H/t15?,17-,22?;/m1./s1. The number of fused-ring (bicyclic) bond motifs is 1. The summed E-state index contributed by atoms with van der Waals surface area (Å²) in [5.41, 5.74) is 3.34. The first-order valence-corrected chi connectivity index (χ1v) is 12.9. The molecule has 0 amide bonds. The van der Waals surface area contributed by atoms with Crippen LogP contribution in [0, 0.1) is 12.8 Å². The quantitative estimate of drug-likeness (QED) is 0.398. The van der Waals surface area contributed by atoms with Gasteiger partial charge in [0.25, 0.3) is 0 Å². The molecule has 2 saturated heterocycles. The summed E-state index contributed by atoms with van der Waals surface area (Å²) in [6.45, 7) is 9.87. The van der Waals surface area contributed by atoms with E-state index in [0.717, 1.165) is 60.8 Å². The Kier molecular flexibility index (Phi) is 8.11. The Hall–Kier alpha value is -1.67. The van der Waals surface area contributed by atoms with Crippen molar-refractivity contribution in [2.45, 2.75) is 58.3 Å². The van der Waals surface area contributed by atoms with Gasteiger partial charge in [-0.15, -0.1) is 12.4 Å². The van der Waals surface area contributed by atoms with Gasteiger partial charge in [0.1, 0.15) is 17.5 Å². The van der Waals surface area contributed by atoms with Crippen LogP contribution in [0.15, 0.2) is 24.4 Å². The number of likely N-dealkylation sites (tertiary alicyclic amines) is 1. The molecule has 2 fully saturated rings. The van der Waals surface area contributed by atoms with Gasteiger partial charge in [-0.1, -0.05) is 36.2 Å². The minimum absolute atomic E-state index is 0. The van der Waals surface area contributed by atoms with E-state index >= 15 is 0 Å². The molecule has 2 aliphatic heterocycles. The highest BCUT2D eigenvalue weighted by Crippen LogP contribution is 2.32. The summed E-state index contributed by atoms with van der Waals surface area (Å²) >= 11 is 12.6. The molecule has 2 aliphatic rings. The number of benzene rings is 1. The Morgan fingerprint density at radius 1 is 1.11 bits per heavy atom. The van der Waals surface area contributed by atoms with Gasteiger partial charge in [0.05, 0.1) is 17.9 Å². The summed E-state index contributed by atoms with van der Waals surface area (Å²) in [6, 6.07) is 5.92. The number of alkyl halides is 1. The van der Waals surface area contributed by atoms with Crippen molar-refractivity contribution in [2.75, 3.05) is 31.1 Å². The fourth-order valence-corrected chi connectivity index (χ4v) is 6.09. The number of rotatable bonds is 4. The molecule has 2 unspecified atom stereocenters. The van der Waals surface area contributed by atoms with Gasteiger partial charge in [-0.2, -0.15) is 5.10 Å². The number of nitrogens with zero attached hydrogens (tertiary/aromatic N) is 6. The Morgan fingerprint density at radius 3 is 2.54 bits per heavy atom. The minimum atomic E-state index is -0.632. The molecule has 6 nitrogen and oxygen atoms in total. The molecule has 3 atom stereocenters.